The van der Waals surface area contributed by atoms with Gasteiger partial charge in [-0.2, -0.15) is 0 Å². The molecule has 0 aliphatic carbocycles. The highest BCUT2D eigenvalue weighted by Crippen LogP contribution is 2.10. The molecule has 1 radical (unpaired) electrons. The molecule has 0 saturated heterocycles. The molecule has 0 heterocycles. The zero-order chi connectivity index (χ0) is 9.52. The van der Waals surface area contributed by atoms with Gasteiger partial charge in [0.05, 0.1) is 6.34 Å². The van der Waals surface area contributed by atoms with E-state index in [9.17, 15) is 5.11 Å². The second-order valence-electron chi connectivity index (χ2n) is 2.48. The van der Waals surface area contributed by atoms with Crippen LogP contribution in [0.2, 0.25) is 0 Å². The molecule has 0 bridgehead atoms. The number of hydrogen-bond donors (Lipinski definition) is 2. The van der Waals surface area contributed by atoms with Gasteiger partial charge in [0.25, 0.3) is 0 Å². The molecular weight excluding hydrogens is 164 g/mol. The lowest BCUT2D eigenvalue weighted by Gasteiger charge is -1.99. The first-order valence-electron chi connectivity index (χ1n) is 3.97. The van der Waals surface area contributed by atoms with Crippen molar-refractivity contribution in [2.24, 2.45) is 0 Å². The van der Waals surface area contributed by atoms with Crippen molar-refractivity contribution in [1.29, 1.82) is 5.41 Å². The predicted octanol–water partition coefficient (Wildman–Crippen LogP) is 2.15. The second-order valence-corrected chi connectivity index (χ2v) is 2.48. The fourth-order valence-corrected chi connectivity index (χ4v) is 1.000. The minimum Gasteiger partial charge on any atom is -0.347 e. The topological polar surface area (TPSA) is 55.8 Å². The molecule has 13 heavy (non-hydrogen) atoms. The van der Waals surface area contributed by atoms with Crippen LogP contribution in [-0.4, -0.2) is 12.9 Å². The lowest BCUT2D eigenvalue weighted by molar-refractivity contribution is 0.233. The first-order chi connectivity index (χ1) is 6.36. The molecule has 0 aliphatic rings. The Balaban J connectivity index is 2.78. The van der Waals surface area contributed by atoms with Crippen LogP contribution in [0.5, 0.6) is 0 Å². The minimum absolute atomic E-state index is 0.206. The minimum atomic E-state index is -0.206. The largest absolute Gasteiger partial charge is 0.347 e. The third-order valence-corrected chi connectivity index (χ3v) is 1.53. The highest BCUT2D eigenvalue weighted by atomic mass is 16.2. The maximum Gasteiger partial charge on any atom is 0.101 e. The summed E-state index contributed by atoms with van der Waals surface area (Å²) < 4.78 is 0. The maximum absolute atomic E-state index is 10.2. The van der Waals surface area contributed by atoms with E-state index in [1.165, 1.54) is 0 Å². The fraction of sp³-hybridized carbons (Fsp3) is 0.100. The van der Waals surface area contributed by atoms with Crippen LogP contribution in [0.3, 0.4) is 0 Å². The van der Waals surface area contributed by atoms with Crippen LogP contribution >= 0.6 is 0 Å². The lowest BCUT2D eigenvalue weighted by Crippen LogP contribution is -1.92. The van der Waals surface area contributed by atoms with Gasteiger partial charge in [-0.05, 0) is 17.7 Å². The van der Waals surface area contributed by atoms with Crippen LogP contribution in [0.1, 0.15) is 5.56 Å². The summed E-state index contributed by atoms with van der Waals surface area (Å²) in [6, 6.07) is 7.51. The fourth-order valence-electron chi connectivity index (χ4n) is 1.000. The molecule has 0 aliphatic heterocycles. The Kier molecular flexibility index (Phi) is 3.73. The molecule has 1 rings (SSSR count). The molecule has 1 aromatic carbocycles. The molecule has 0 fully saturated rings. The number of hydrogen-bond acceptors (Lipinski definition) is 1. The van der Waals surface area contributed by atoms with E-state index < -0.39 is 0 Å². The van der Waals surface area contributed by atoms with Crippen LogP contribution in [0.25, 0.3) is 6.08 Å². The van der Waals surface area contributed by atoms with Crippen LogP contribution in [0.15, 0.2) is 30.3 Å². The summed E-state index contributed by atoms with van der Waals surface area (Å²) in [5, 5.41) is 19.8. The lowest BCUT2D eigenvalue weighted by atomic mass is 10.2. The number of anilines is 1. The smallest absolute Gasteiger partial charge is 0.101 e. The Morgan fingerprint density at radius 1 is 1.46 bits per heavy atom. The molecule has 0 spiro atoms. The first kappa shape index (κ1) is 9.48. The Morgan fingerprint density at radius 3 is 3.00 bits per heavy atom. The predicted molar refractivity (Wildman–Crippen MR) is 53.4 cm³/mol. The molecule has 1 aromatic rings. The van der Waals surface area contributed by atoms with Gasteiger partial charge in [0.1, 0.15) is 6.61 Å². The van der Waals surface area contributed by atoms with E-state index in [2.05, 4.69) is 5.32 Å². The van der Waals surface area contributed by atoms with E-state index in [1.54, 1.807) is 12.2 Å². The molecule has 2 N–H and O–H groups in total. The van der Waals surface area contributed by atoms with E-state index in [0.717, 1.165) is 17.6 Å². The zero-order valence-corrected chi connectivity index (χ0v) is 7.16. The molecular formula is C10H11N2O. The summed E-state index contributed by atoms with van der Waals surface area (Å²) in [5.74, 6) is 0. The molecule has 67 valence electrons. The van der Waals surface area contributed by atoms with Gasteiger partial charge in [0.2, 0.25) is 0 Å². The molecule has 0 atom stereocenters. The van der Waals surface area contributed by atoms with Crippen LogP contribution in [0.4, 0.5) is 5.69 Å². The standard InChI is InChI=1S/C10H11N2O/c11-8-12-10-5-1-3-9(7-10)4-2-6-13/h1-5,7-8H,6H2,(H2,11,12). The van der Waals surface area contributed by atoms with Crippen LogP contribution in [-0.2, 0) is 5.11 Å². The molecule has 3 nitrogen and oxygen atoms in total. The summed E-state index contributed by atoms with van der Waals surface area (Å²) in [6.45, 7) is -0.206. The molecule has 3 heteroatoms. The summed E-state index contributed by atoms with van der Waals surface area (Å²) in [7, 11) is 0. The number of rotatable bonds is 4. The third kappa shape index (κ3) is 3.09. The summed E-state index contributed by atoms with van der Waals surface area (Å²) >= 11 is 0. The van der Waals surface area contributed by atoms with Crippen molar-refractivity contribution < 1.29 is 5.11 Å². The molecule has 0 saturated carbocycles. The van der Waals surface area contributed by atoms with Gasteiger partial charge in [-0.3, -0.25) is 5.41 Å². The van der Waals surface area contributed by atoms with E-state index in [0.29, 0.717) is 0 Å². The highest BCUT2D eigenvalue weighted by Gasteiger charge is 1.89. The van der Waals surface area contributed by atoms with Crippen molar-refractivity contribution in [2.75, 3.05) is 11.9 Å². The van der Waals surface area contributed by atoms with E-state index in [4.69, 9.17) is 5.41 Å². The summed E-state index contributed by atoms with van der Waals surface area (Å²) in [6.07, 6.45) is 4.45. The average Bonchev–Trinajstić information content (AvgIpc) is 2.16. The van der Waals surface area contributed by atoms with Gasteiger partial charge in [-0.1, -0.05) is 24.3 Å². The first-order valence-corrected chi connectivity index (χ1v) is 3.97. The summed E-state index contributed by atoms with van der Waals surface area (Å²) in [5.41, 5.74) is 1.81. The Morgan fingerprint density at radius 2 is 2.31 bits per heavy atom. The van der Waals surface area contributed by atoms with Crippen molar-refractivity contribution in [3.63, 3.8) is 0 Å². The van der Waals surface area contributed by atoms with Crippen LogP contribution in [0, 0.1) is 5.41 Å². The average molecular weight is 175 g/mol. The van der Waals surface area contributed by atoms with Gasteiger partial charge in [0.15, 0.2) is 0 Å². The van der Waals surface area contributed by atoms with Crippen molar-refractivity contribution >= 4 is 18.1 Å². The van der Waals surface area contributed by atoms with Gasteiger partial charge < -0.3 is 5.32 Å². The van der Waals surface area contributed by atoms with Gasteiger partial charge in [-0.15, -0.1) is 0 Å². The molecule has 0 amide bonds. The Hall–Kier alpha value is -1.61. The quantitative estimate of drug-likeness (QED) is 0.534. The number of benzene rings is 1. The van der Waals surface area contributed by atoms with Gasteiger partial charge in [0, 0.05) is 5.69 Å². The third-order valence-electron chi connectivity index (χ3n) is 1.53. The monoisotopic (exact) mass is 175 g/mol. The van der Waals surface area contributed by atoms with Crippen molar-refractivity contribution in [3.8, 4) is 0 Å². The molecule has 0 unspecified atom stereocenters. The second kappa shape index (κ2) is 5.11. The van der Waals surface area contributed by atoms with Crippen molar-refractivity contribution in [3.05, 3.63) is 35.9 Å². The SMILES string of the molecule is N=CNc1cccc(C=CC[O])c1. The van der Waals surface area contributed by atoms with Gasteiger partial charge in [-0.25, -0.2) is 5.11 Å². The number of nitrogens with one attached hydrogen (secondary N) is 2. The van der Waals surface area contributed by atoms with Crippen LogP contribution < -0.4 is 5.32 Å². The van der Waals surface area contributed by atoms with E-state index in [1.807, 2.05) is 24.3 Å². The summed E-state index contributed by atoms with van der Waals surface area (Å²) in [4.78, 5) is 0. The molecule has 0 aromatic heterocycles. The Labute approximate surface area is 77.2 Å². The van der Waals surface area contributed by atoms with Gasteiger partial charge >= 0.3 is 0 Å². The van der Waals surface area contributed by atoms with Crippen molar-refractivity contribution in [1.82, 2.24) is 0 Å². The maximum atomic E-state index is 10.2. The normalized spacial score (nSPS) is 10.2. The van der Waals surface area contributed by atoms with E-state index >= 15 is 0 Å². The Bertz CT molecular complexity index is 308. The highest BCUT2D eigenvalue weighted by molar-refractivity contribution is 5.74. The zero-order valence-electron chi connectivity index (χ0n) is 7.16. The van der Waals surface area contributed by atoms with Crippen molar-refractivity contribution in [2.45, 2.75) is 0 Å². The van der Waals surface area contributed by atoms with E-state index in [-0.39, 0.29) is 6.61 Å².